The summed E-state index contributed by atoms with van der Waals surface area (Å²) in [5.74, 6) is -0.269. The van der Waals surface area contributed by atoms with Gasteiger partial charge in [0.15, 0.2) is 0 Å². The van der Waals surface area contributed by atoms with E-state index >= 15 is 0 Å². The van der Waals surface area contributed by atoms with Crippen LogP contribution in [0.5, 0.6) is 0 Å². The number of benzene rings is 2. The van der Waals surface area contributed by atoms with E-state index in [9.17, 15) is 4.39 Å². The Morgan fingerprint density at radius 1 is 1.06 bits per heavy atom. The largest absolute Gasteiger partial charge is 0.320 e. The summed E-state index contributed by atoms with van der Waals surface area (Å²) in [5.41, 5.74) is 10.3. The molecule has 0 aromatic heterocycles. The first-order valence-corrected chi connectivity index (χ1v) is 6.56. The molecule has 2 rings (SSSR count). The first-order valence-electron chi connectivity index (χ1n) is 5.76. The molecule has 0 spiro atoms. The molecular formula is C15H15BrFN. The summed E-state index contributed by atoms with van der Waals surface area (Å²) >= 11 is 3.42. The number of halogens is 2. The van der Waals surface area contributed by atoms with Crippen molar-refractivity contribution in [2.45, 2.75) is 19.9 Å². The molecule has 2 N–H and O–H groups in total. The summed E-state index contributed by atoms with van der Waals surface area (Å²) < 4.78 is 14.2. The van der Waals surface area contributed by atoms with Crippen LogP contribution in [0.2, 0.25) is 0 Å². The Kier molecular flexibility index (Phi) is 3.83. The van der Waals surface area contributed by atoms with Gasteiger partial charge < -0.3 is 5.73 Å². The molecule has 0 aliphatic carbocycles. The fraction of sp³-hybridized carbons (Fsp3) is 0.200. The van der Waals surface area contributed by atoms with Gasteiger partial charge in [0.2, 0.25) is 0 Å². The van der Waals surface area contributed by atoms with Crippen molar-refractivity contribution in [2.75, 3.05) is 0 Å². The number of rotatable bonds is 2. The highest BCUT2D eigenvalue weighted by Gasteiger charge is 2.15. The van der Waals surface area contributed by atoms with E-state index in [2.05, 4.69) is 22.0 Å². The van der Waals surface area contributed by atoms with Gasteiger partial charge in [-0.05, 0) is 48.7 Å². The minimum Gasteiger partial charge on any atom is -0.320 e. The van der Waals surface area contributed by atoms with Gasteiger partial charge in [-0.15, -0.1) is 0 Å². The van der Waals surface area contributed by atoms with E-state index in [-0.39, 0.29) is 11.9 Å². The number of aryl methyl sites for hydroxylation is 2. The molecule has 1 unspecified atom stereocenters. The lowest BCUT2D eigenvalue weighted by Gasteiger charge is -2.17. The second-order valence-electron chi connectivity index (χ2n) is 4.50. The van der Waals surface area contributed by atoms with Gasteiger partial charge in [0, 0.05) is 4.47 Å². The van der Waals surface area contributed by atoms with Gasteiger partial charge in [-0.1, -0.05) is 39.7 Å². The van der Waals surface area contributed by atoms with Gasteiger partial charge >= 0.3 is 0 Å². The normalized spacial score (nSPS) is 12.5. The van der Waals surface area contributed by atoms with E-state index in [1.165, 1.54) is 12.1 Å². The van der Waals surface area contributed by atoms with Crippen LogP contribution >= 0.6 is 15.9 Å². The summed E-state index contributed by atoms with van der Waals surface area (Å²) in [4.78, 5) is 0. The van der Waals surface area contributed by atoms with Crippen molar-refractivity contribution in [1.82, 2.24) is 0 Å². The highest BCUT2D eigenvalue weighted by molar-refractivity contribution is 9.10. The molecule has 0 saturated carbocycles. The first-order chi connectivity index (χ1) is 8.49. The summed E-state index contributed by atoms with van der Waals surface area (Å²) in [6, 6.07) is 10.4. The summed E-state index contributed by atoms with van der Waals surface area (Å²) in [7, 11) is 0. The molecule has 0 bridgehead atoms. The summed E-state index contributed by atoms with van der Waals surface area (Å²) in [5, 5.41) is 0. The third-order valence-corrected chi connectivity index (χ3v) is 3.79. The maximum absolute atomic E-state index is 13.3. The molecule has 0 fully saturated rings. The van der Waals surface area contributed by atoms with E-state index in [1.807, 2.05) is 26.0 Å². The standard InChI is InChI=1S/C15H15BrFN/c1-9-3-4-10(2)12(7-9)15(18)13-8-11(17)5-6-14(13)16/h3-8,15H,18H2,1-2H3. The van der Waals surface area contributed by atoms with Crippen LogP contribution in [0.25, 0.3) is 0 Å². The van der Waals surface area contributed by atoms with Gasteiger partial charge in [-0.3, -0.25) is 0 Å². The lowest BCUT2D eigenvalue weighted by atomic mass is 9.94. The van der Waals surface area contributed by atoms with Crippen molar-refractivity contribution in [3.63, 3.8) is 0 Å². The van der Waals surface area contributed by atoms with E-state index in [0.717, 1.165) is 26.7 Å². The monoisotopic (exact) mass is 307 g/mol. The molecule has 0 saturated heterocycles. The van der Waals surface area contributed by atoms with Crippen molar-refractivity contribution in [1.29, 1.82) is 0 Å². The predicted octanol–water partition coefficient (Wildman–Crippen LogP) is 4.25. The van der Waals surface area contributed by atoms with E-state index in [4.69, 9.17) is 5.73 Å². The molecule has 18 heavy (non-hydrogen) atoms. The highest BCUT2D eigenvalue weighted by atomic mass is 79.9. The van der Waals surface area contributed by atoms with Gasteiger partial charge in [-0.2, -0.15) is 0 Å². The van der Waals surface area contributed by atoms with Crippen molar-refractivity contribution >= 4 is 15.9 Å². The Morgan fingerprint density at radius 3 is 2.50 bits per heavy atom. The van der Waals surface area contributed by atoms with Crippen LogP contribution in [0, 0.1) is 19.7 Å². The molecule has 0 heterocycles. The quantitative estimate of drug-likeness (QED) is 0.881. The van der Waals surface area contributed by atoms with Gasteiger partial charge in [0.1, 0.15) is 5.82 Å². The van der Waals surface area contributed by atoms with Crippen LogP contribution in [0.1, 0.15) is 28.3 Å². The predicted molar refractivity (Wildman–Crippen MR) is 76.0 cm³/mol. The van der Waals surface area contributed by atoms with Crippen molar-refractivity contribution in [3.05, 3.63) is 68.9 Å². The van der Waals surface area contributed by atoms with Crippen LogP contribution in [-0.4, -0.2) is 0 Å². The Bertz CT molecular complexity index is 529. The minimum atomic E-state index is -0.324. The Hall–Kier alpha value is -1.19. The van der Waals surface area contributed by atoms with E-state index in [0.29, 0.717) is 0 Å². The maximum Gasteiger partial charge on any atom is 0.123 e. The Balaban J connectivity index is 2.50. The number of hydrogen-bond acceptors (Lipinski definition) is 1. The average Bonchev–Trinajstić information content (AvgIpc) is 2.34. The smallest absolute Gasteiger partial charge is 0.123 e. The highest BCUT2D eigenvalue weighted by Crippen LogP contribution is 2.29. The van der Waals surface area contributed by atoms with Crippen LogP contribution in [0.4, 0.5) is 4.39 Å². The average molecular weight is 308 g/mol. The third kappa shape index (κ3) is 2.62. The second kappa shape index (κ2) is 5.21. The lowest BCUT2D eigenvalue weighted by Crippen LogP contribution is -2.14. The van der Waals surface area contributed by atoms with Crippen molar-refractivity contribution in [3.8, 4) is 0 Å². The summed E-state index contributed by atoms with van der Waals surface area (Å²) in [6.07, 6.45) is 0. The van der Waals surface area contributed by atoms with Gasteiger partial charge in [-0.25, -0.2) is 4.39 Å². The fourth-order valence-electron chi connectivity index (χ4n) is 2.02. The van der Waals surface area contributed by atoms with Gasteiger partial charge in [0.05, 0.1) is 6.04 Å². The molecule has 0 radical (unpaired) electrons. The molecule has 1 nitrogen and oxygen atoms in total. The fourth-order valence-corrected chi connectivity index (χ4v) is 2.51. The molecule has 0 aliphatic rings. The zero-order chi connectivity index (χ0) is 13.3. The maximum atomic E-state index is 13.3. The van der Waals surface area contributed by atoms with Gasteiger partial charge in [0.25, 0.3) is 0 Å². The van der Waals surface area contributed by atoms with E-state index in [1.54, 1.807) is 6.07 Å². The van der Waals surface area contributed by atoms with Crippen LogP contribution < -0.4 is 5.73 Å². The third-order valence-electron chi connectivity index (χ3n) is 3.06. The number of hydrogen-bond donors (Lipinski definition) is 1. The molecule has 3 heteroatoms. The Labute approximate surface area is 115 Å². The topological polar surface area (TPSA) is 26.0 Å². The van der Waals surface area contributed by atoms with E-state index < -0.39 is 0 Å². The molecular weight excluding hydrogens is 293 g/mol. The molecule has 0 amide bonds. The van der Waals surface area contributed by atoms with Crippen LogP contribution in [-0.2, 0) is 0 Å². The zero-order valence-electron chi connectivity index (χ0n) is 10.4. The van der Waals surface area contributed by atoms with Crippen LogP contribution in [0.15, 0.2) is 40.9 Å². The Morgan fingerprint density at radius 2 is 1.78 bits per heavy atom. The zero-order valence-corrected chi connectivity index (χ0v) is 12.0. The first kappa shape index (κ1) is 13.2. The van der Waals surface area contributed by atoms with Crippen LogP contribution in [0.3, 0.4) is 0 Å². The minimum absolute atomic E-state index is 0.269. The molecule has 1 atom stereocenters. The SMILES string of the molecule is Cc1ccc(C)c(C(N)c2cc(F)ccc2Br)c1. The second-order valence-corrected chi connectivity index (χ2v) is 5.36. The summed E-state index contributed by atoms with van der Waals surface area (Å²) in [6.45, 7) is 4.04. The lowest BCUT2D eigenvalue weighted by molar-refractivity contribution is 0.623. The van der Waals surface area contributed by atoms with Crippen molar-refractivity contribution in [2.24, 2.45) is 5.73 Å². The van der Waals surface area contributed by atoms with Crippen molar-refractivity contribution < 1.29 is 4.39 Å². The number of nitrogens with two attached hydrogens (primary N) is 1. The molecule has 94 valence electrons. The molecule has 2 aromatic carbocycles. The molecule has 0 aliphatic heterocycles. The molecule has 2 aromatic rings.